The van der Waals surface area contributed by atoms with Gasteiger partial charge in [-0.3, -0.25) is 10.1 Å². The summed E-state index contributed by atoms with van der Waals surface area (Å²) in [7, 11) is 0. The molecule has 0 unspecified atom stereocenters. The largest absolute Gasteiger partial charge is 0.316 e. The van der Waals surface area contributed by atoms with Crippen LogP contribution < -0.4 is 5.32 Å². The fourth-order valence-corrected chi connectivity index (χ4v) is 1.95. The fraction of sp³-hybridized carbons (Fsp3) is 0.333. The monoisotopic (exact) mass is 218 g/mol. The topological polar surface area (TPSA) is 55.2 Å². The molecule has 0 fully saturated rings. The van der Waals surface area contributed by atoms with Crippen LogP contribution in [0, 0.1) is 10.1 Å². The molecule has 0 amide bonds. The van der Waals surface area contributed by atoms with Gasteiger partial charge in [-0.15, -0.1) is 0 Å². The summed E-state index contributed by atoms with van der Waals surface area (Å²) in [5.41, 5.74) is 2.05. The minimum atomic E-state index is -0.311. The molecule has 84 valence electrons. The van der Waals surface area contributed by atoms with Gasteiger partial charge in [-0.25, -0.2) is 0 Å². The molecule has 1 aliphatic heterocycles. The fourth-order valence-electron chi connectivity index (χ4n) is 1.95. The van der Waals surface area contributed by atoms with Crippen LogP contribution >= 0.6 is 0 Å². The molecule has 1 N–H and O–H groups in total. The first-order valence-corrected chi connectivity index (χ1v) is 5.42. The van der Waals surface area contributed by atoms with Crippen LogP contribution in [0.3, 0.4) is 0 Å². The number of benzene rings is 1. The van der Waals surface area contributed by atoms with Gasteiger partial charge in [-0.2, -0.15) is 0 Å². The lowest BCUT2D eigenvalue weighted by Crippen LogP contribution is -2.13. The van der Waals surface area contributed by atoms with Gasteiger partial charge in [0.2, 0.25) is 0 Å². The second-order valence-corrected chi connectivity index (χ2v) is 3.79. The normalized spacial score (nSPS) is 16.4. The third-order valence-electron chi connectivity index (χ3n) is 2.73. The van der Waals surface area contributed by atoms with E-state index in [1.54, 1.807) is 12.1 Å². The second kappa shape index (κ2) is 4.90. The molecular formula is C12H14N2O2. The van der Waals surface area contributed by atoms with Crippen LogP contribution in [0.15, 0.2) is 30.3 Å². The molecule has 0 radical (unpaired) electrons. The van der Waals surface area contributed by atoms with Crippen molar-refractivity contribution in [2.45, 2.75) is 12.8 Å². The van der Waals surface area contributed by atoms with Crippen LogP contribution in [0.1, 0.15) is 18.4 Å². The van der Waals surface area contributed by atoms with E-state index < -0.39 is 0 Å². The van der Waals surface area contributed by atoms with E-state index in [1.807, 2.05) is 12.1 Å². The molecule has 2 rings (SSSR count). The molecule has 0 atom stereocenters. The third-order valence-corrected chi connectivity index (χ3v) is 2.73. The van der Waals surface area contributed by atoms with Crippen LogP contribution in [0.2, 0.25) is 0 Å². The maximum Gasteiger partial charge on any atom is 0.276 e. The van der Waals surface area contributed by atoms with E-state index >= 15 is 0 Å². The number of nitro groups is 1. The summed E-state index contributed by atoms with van der Waals surface area (Å²) in [6, 6.07) is 6.95. The van der Waals surface area contributed by atoms with E-state index in [9.17, 15) is 10.1 Å². The summed E-state index contributed by atoms with van der Waals surface area (Å²) < 4.78 is 0. The highest BCUT2D eigenvalue weighted by Gasteiger charge is 2.16. The maximum atomic E-state index is 10.9. The van der Waals surface area contributed by atoms with Crippen LogP contribution in [-0.2, 0) is 0 Å². The molecule has 0 saturated heterocycles. The Morgan fingerprint density at radius 2 is 2.06 bits per heavy atom. The summed E-state index contributed by atoms with van der Waals surface area (Å²) in [5.74, 6) is 0. The summed E-state index contributed by atoms with van der Waals surface area (Å²) in [6.45, 7) is 1.84. The highest BCUT2D eigenvalue weighted by molar-refractivity contribution is 5.73. The Morgan fingerprint density at radius 1 is 1.25 bits per heavy atom. The van der Waals surface area contributed by atoms with Crippen molar-refractivity contribution in [3.05, 3.63) is 46.0 Å². The van der Waals surface area contributed by atoms with Crippen molar-refractivity contribution >= 4 is 11.3 Å². The standard InChI is InChI=1S/C12H14N2O2/c15-14(16)12-6-2-1-5-11(12)10-4-3-8-13-9-7-10/h1-2,4-6,13H,3,7-9H2. The Bertz CT molecular complexity index is 427. The van der Waals surface area contributed by atoms with Crippen LogP contribution in [-0.4, -0.2) is 18.0 Å². The molecule has 1 aliphatic rings. The van der Waals surface area contributed by atoms with Gasteiger partial charge < -0.3 is 5.32 Å². The molecule has 0 bridgehead atoms. The van der Waals surface area contributed by atoms with Gasteiger partial charge in [0.1, 0.15) is 0 Å². The first-order chi connectivity index (χ1) is 7.79. The third kappa shape index (κ3) is 2.28. The van der Waals surface area contributed by atoms with E-state index in [0.29, 0.717) is 0 Å². The van der Waals surface area contributed by atoms with E-state index in [2.05, 4.69) is 11.4 Å². The number of hydrogen-bond donors (Lipinski definition) is 1. The smallest absolute Gasteiger partial charge is 0.276 e. The number of hydrogen-bond acceptors (Lipinski definition) is 3. The average Bonchev–Trinajstić information content (AvgIpc) is 2.57. The van der Waals surface area contributed by atoms with Gasteiger partial charge in [-0.05, 0) is 37.6 Å². The molecule has 4 nitrogen and oxygen atoms in total. The SMILES string of the molecule is O=[N+]([O-])c1ccccc1C1=CCCNCC1. The zero-order valence-corrected chi connectivity index (χ0v) is 8.98. The minimum Gasteiger partial charge on any atom is -0.316 e. The Hall–Kier alpha value is -1.68. The quantitative estimate of drug-likeness (QED) is 0.612. The molecule has 1 aromatic carbocycles. The predicted octanol–water partition coefficient (Wildman–Crippen LogP) is 2.36. The van der Waals surface area contributed by atoms with Gasteiger partial charge in [0.05, 0.1) is 10.5 Å². The van der Waals surface area contributed by atoms with Crippen molar-refractivity contribution in [2.75, 3.05) is 13.1 Å². The molecule has 0 spiro atoms. The van der Waals surface area contributed by atoms with Gasteiger partial charge in [0.15, 0.2) is 0 Å². The lowest BCUT2D eigenvalue weighted by molar-refractivity contribution is -0.385. The van der Waals surface area contributed by atoms with Crippen molar-refractivity contribution < 1.29 is 4.92 Å². The number of nitro benzene ring substituents is 1. The summed E-state index contributed by atoms with van der Waals surface area (Å²) in [4.78, 5) is 10.6. The molecule has 16 heavy (non-hydrogen) atoms. The van der Waals surface area contributed by atoms with Gasteiger partial charge in [-0.1, -0.05) is 18.2 Å². The van der Waals surface area contributed by atoms with Crippen molar-refractivity contribution in [3.8, 4) is 0 Å². The Balaban J connectivity index is 2.38. The Kier molecular flexibility index (Phi) is 3.31. The molecule has 0 saturated carbocycles. The van der Waals surface area contributed by atoms with Crippen LogP contribution in [0.5, 0.6) is 0 Å². The molecule has 0 aliphatic carbocycles. The first kappa shape index (κ1) is 10.8. The summed E-state index contributed by atoms with van der Waals surface area (Å²) in [5, 5.41) is 14.2. The van der Waals surface area contributed by atoms with Crippen LogP contribution in [0.4, 0.5) is 5.69 Å². The average molecular weight is 218 g/mol. The van der Waals surface area contributed by atoms with Gasteiger partial charge in [0.25, 0.3) is 5.69 Å². The van der Waals surface area contributed by atoms with Crippen molar-refractivity contribution in [2.24, 2.45) is 0 Å². The van der Waals surface area contributed by atoms with Crippen molar-refractivity contribution in [3.63, 3.8) is 0 Å². The van der Waals surface area contributed by atoms with Crippen LogP contribution in [0.25, 0.3) is 5.57 Å². The number of rotatable bonds is 2. The highest BCUT2D eigenvalue weighted by Crippen LogP contribution is 2.28. The maximum absolute atomic E-state index is 10.9. The molecular weight excluding hydrogens is 204 g/mol. The second-order valence-electron chi connectivity index (χ2n) is 3.79. The van der Waals surface area contributed by atoms with E-state index in [4.69, 9.17) is 0 Å². The lowest BCUT2D eigenvalue weighted by atomic mass is 10.0. The van der Waals surface area contributed by atoms with Gasteiger partial charge >= 0.3 is 0 Å². The predicted molar refractivity (Wildman–Crippen MR) is 63.2 cm³/mol. The lowest BCUT2D eigenvalue weighted by Gasteiger charge is -2.06. The number of nitrogens with one attached hydrogen (secondary N) is 1. The zero-order chi connectivity index (χ0) is 11.4. The summed E-state index contributed by atoms with van der Waals surface area (Å²) >= 11 is 0. The van der Waals surface area contributed by atoms with E-state index in [-0.39, 0.29) is 10.6 Å². The minimum absolute atomic E-state index is 0.204. The summed E-state index contributed by atoms with van der Waals surface area (Å²) in [6.07, 6.45) is 3.88. The molecule has 4 heteroatoms. The molecule has 1 aromatic rings. The zero-order valence-electron chi connectivity index (χ0n) is 8.98. The molecule has 0 aromatic heterocycles. The van der Waals surface area contributed by atoms with Crippen molar-refractivity contribution in [1.82, 2.24) is 5.32 Å². The van der Waals surface area contributed by atoms with E-state index in [1.165, 1.54) is 0 Å². The first-order valence-electron chi connectivity index (χ1n) is 5.42. The number of nitrogens with zero attached hydrogens (tertiary/aromatic N) is 1. The number of para-hydroxylation sites is 1. The molecule has 1 heterocycles. The Morgan fingerprint density at radius 3 is 2.88 bits per heavy atom. The van der Waals surface area contributed by atoms with Gasteiger partial charge in [0, 0.05) is 6.07 Å². The van der Waals surface area contributed by atoms with E-state index in [0.717, 1.165) is 37.1 Å². The Labute approximate surface area is 94.1 Å². The van der Waals surface area contributed by atoms with Crippen molar-refractivity contribution in [1.29, 1.82) is 0 Å². The highest BCUT2D eigenvalue weighted by atomic mass is 16.6.